The predicted octanol–water partition coefficient (Wildman–Crippen LogP) is 1.32. The van der Waals surface area contributed by atoms with Crippen LogP contribution >= 0.6 is 0 Å². The smallest absolute Gasteiger partial charge is 0.224 e. The summed E-state index contributed by atoms with van der Waals surface area (Å²) in [5, 5.41) is 5.96. The van der Waals surface area contributed by atoms with Gasteiger partial charge in [-0.05, 0) is 30.7 Å². The molecule has 5 nitrogen and oxygen atoms in total. The summed E-state index contributed by atoms with van der Waals surface area (Å²) in [4.78, 5) is 18.1. The molecule has 0 fully saturated rings. The van der Waals surface area contributed by atoms with Crippen molar-refractivity contribution in [2.45, 2.75) is 27.3 Å². The number of carbonyl (C=O) groups excluding carboxylic acids is 1. The summed E-state index contributed by atoms with van der Waals surface area (Å²) in [6.07, 6.45) is 1.89. The fourth-order valence-corrected chi connectivity index (χ4v) is 2.22. The monoisotopic (exact) mass is 278 g/mol. The van der Waals surface area contributed by atoms with Gasteiger partial charge in [-0.3, -0.25) is 4.79 Å². The highest BCUT2D eigenvalue weighted by Gasteiger charge is 2.15. The quantitative estimate of drug-likeness (QED) is 0.790. The van der Waals surface area contributed by atoms with E-state index < -0.39 is 0 Å². The third kappa shape index (κ3) is 4.49. The molecule has 112 valence electrons. The summed E-state index contributed by atoms with van der Waals surface area (Å²) in [7, 11) is 3.64. The molecule has 1 heterocycles. The molecule has 20 heavy (non-hydrogen) atoms. The van der Waals surface area contributed by atoms with Gasteiger partial charge in [0.2, 0.25) is 5.91 Å². The fourth-order valence-electron chi connectivity index (χ4n) is 2.22. The molecule has 0 saturated heterocycles. The number of carbonyl (C=O) groups is 1. The zero-order chi connectivity index (χ0) is 15.1. The van der Waals surface area contributed by atoms with Crippen LogP contribution in [-0.2, 0) is 11.3 Å². The fraction of sp³-hybridized carbons (Fsp3) is 0.600. The molecule has 2 N–H and O–H groups in total. The lowest BCUT2D eigenvalue weighted by Crippen LogP contribution is -2.35. The van der Waals surface area contributed by atoms with Crippen LogP contribution < -0.4 is 15.5 Å². The Labute approximate surface area is 121 Å². The van der Waals surface area contributed by atoms with Gasteiger partial charge in [0.1, 0.15) is 5.82 Å². The average molecular weight is 278 g/mol. The SMILES string of the molecule is CCNCc1cnc(N(C)CC(C)C(=O)NC)c(C)c1. The first-order chi connectivity index (χ1) is 9.49. The number of anilines is 1. The zero-order valence-electron chi connectivity index (χ0n) is 13.2. The summed E-state index contributed by atoms with van der Waals surface area (Å²) >= 11 is 0. The van der Waals surface area contributed by atoms with Crippen molar-refractivity contribution >= 4 is 11.7 Å². The first-order valence-electron chi connectivity index (χ1n) is 7.08. The van der Waals surface area contributed by atoms with E-state index in [4.69, 9.17) is 0 Å². The normalized spacial score (nSPS) is 12.1. The average Bonchev–Trinajstić information content (AvgIpc) is 2.43. The molecule has 0 aliphatic carbocycles. The molecule has 1 aromatic rings. The van der Waals surface area contributed by atoms with E-state index in [9.17, 15) is 4.79 Å². The molecule has 1 rings (SSSR count). The molecule has 1 aromatic heterocycles. The van der Waals surface area contributed by atoms with Crippen LogP contribution in [0.1, 0.15) is 25.0 Å². The standard InChI is InChI=1S/C15H26N4O/c1-6-17-8-13-7-11(2)14(18-9-13)19(5)10-12(3)15(20)16-4/h7,9,12,17H,6,8,10H2,1-5H3,(H,16,20). The van der Waals surface area contributed by atoms with Gasteiger partial charge >= 0.3 is 0 Å². The maximum Gasteiger partial charge on any atom is 0.224 e. The second-order valence-corrected chi connectivity index (χ2v) is 5.16. The van der Waals surface area contributed by atoms with Crippen molar-refractivity contribution in [1.82, 2.24) is 15.6 Å². The third-order valence-electron chi connectivity index (χ3n) is 3.29. The van der Waals surface area contributed by atoms with Crippen molar-refractivity contribution in [1.29, 1.82) is 0 Å². The number of nitrogens with zero attached hydrogens (tertiary/aromatic N) is 2. The van der Waals surface area contributed by atoms with Crippen LogP contribution in [-0.4, -0.2) is 38.1 Å². The molecular weight excluding hydrogens is 252 g/mol. The lowest BCUT2D eigenvalue weighted by Gasteiger charge is -2.23. The van der Waals surface area contributed by atoms with Gasteiger partial charge in [-0.25, -0.2) is 4.98 Å². The molecule has 0 aromatic carbocycles. The van der Waals surface area contributed by atoms with E-state index in [-0.39, 0.29) is 11.8 Å². The number of nitrogens with one attached hydrogen (secondary N) is 2. The van der Waals surface area contributed by atoms with Crippen molar-refractivity contribution in [3.8, 4) is 0 Å². The van der Waals surface area contributed by atoms with E-state index in [1.165, 1.54) is 5.56 Å². The number of hydrogen-bond donors (Lipinski definition) is 2. The first-order valence-corrected chi connectivity index (χ1v) is 7.08. The van der Waals surface area contributed by atoms with Gasteiger partial charge in [-0.15, -0.1) is 0 Å². The highest BCUT2D eigenvalue weighted by Crippen LogP contribution is 2.17. The number of amides is 1. The number of aromatic nitrogens is 1. The maximum absolute atomic E-state index is 11.6. The Bertz CT molecular complexity index is 447. The zero-order valence-corrected chi connectivity index (χ0v) is 13.2. The predicted molar refractivity (Wildman–Crippen MR) is 82.9 cm³/mol. The van der Waals surface area contributed by atoms with Crippen LogP contribution in [0.4, 0.5) is 5.82 Å². The van der Waals surface area contributed by atoms with Gasteiger partial charge in [0.25, 0.3) is 0 Å². The van der Waals surface area contributed by atoms with Crippen LogP contribution in [0.2, 0.25) is 0 Å². The summed E-state index contributed by atoms with van der Waals surface area (Å²) in [6.45, 7) is 8.50. The van der Waals surface area contributed by atoms with Crippen LogP contribution in [0.3, 0.4) is 0 Å². The largest absolute Gasteiger partial charge is 0.359 e. The van der Waals surface area contributed by atoms with Crippen molar-refractivity contribution in [2.75, 3.05) is 32.1 Å². The number of aryl methyl sites for hydroxylation is 1. The summed E-state index contributed by atoms with van der Waals surface area (Å²) in [6, 6.07) is 2.14. The van der Waals surface area contributed by atoms with Crippen LogP contribution in [0.15, 0.2) is 12.3 Å². The van der Waals surface area contributed by atoms with E-state index in [0.717, 1.165) is 24.5 Å². The Morgan fingerprint density at radius 3 is 2.75 bits per heavy atom. The molecule has 0 radical (unpaired) electrons. The topological polar surface area (TPSA) is 57.3 Å². The molecule has 1 amide bonds. The Hall–Kier alpha value is -1.62. The summed E-state index contributed by atoms with van der Waals surface area (Å²) in [5.41, 5.74) is 2.31. The van der Waals surface area contributed by atoms with Gasteiger partial charge in [0, 0.05) is 33.4 Å². The van der Waals surface area contributed by atoms with Crippen molar-refractivity contribution in [2.24, 2.45) is 5.92 Å². The number of hydrogen-bond acceptors (Lipinski definition) is 4. The lowest BCUT2D eigenvalue weighted by molar-refractivity contribution is -0.123. The maximum atomic E-state index is 11.6. The van der Waals surface area contributed by atoms with Crippen LogP contribution in [0, 0.1) is 12.8 Å². The Balaban J connectivity index is 2.73. The van der Waals surface area contributed by atoms with Gasteiger partial charge in [0.15, 0.2) is 0 Å². The van der Waals surface area contributed by atoms with Crippen LogP contribution in [0.5, 0.6) is 0 Å². The van der Waals surface area contributed by atoms with Gasteiger partial charge in [0.05, 0.1) is 5.92 Å². The van der Waals surface area contributed by atoms with Crippen molar-refractivity contribution in [3.63, 3.8) is 0 Å². The minimum atomic E-state index is -0.0624. The molecule has 0 spiro atoms. The van der Waals surface area contributed by atoms with E-state index in [0.29, 0.717) is 6.54 Å². The summed E-state index contributed by atoms with van der Waals surface area (Å²) in [5.74, 6) is 0.923. The Kier molecular flexibility index (Phi) is 6.45. The van der Waals surface area contributed by atoms with Gasteiger partial charge in [-0.1, -0.05) is 13.8 Å². The molecule has 0 bridgehead atoms. The van der Waals surface area contributed by atoms with E-state index in [1.54, 1.807) is 7.05 Å². The lowest BCUT2D eigenvalue weighted by atomic mass is 10.1. The molecular formula is C15H26N4O. The molecule has 1 unspecified atom stereocenters. The van der Waals surface area contributed by atoms with Crippen molar-refractivity contribution < 1.29 is 4.79 Å². The molecule has 1 atom stereocenters. The van der Waals surface area contributed by atoms with E-state index >= 15 is 0 Å². The van der Waals surface area contributed by atoms with E-state index in [1.807, 2.05) is 25.1 Å². The highest BCUT2D eigenvalue weighted by atomic mass is 16.1. The first kappa shape index (κ1) is 16.4. The van der Waals surface area contributed by atoms with Gasteiger partial charge < -0.3 is 15.5 Å². The second-order valence-electron chi connectivity index (χ2n) is 5.16. The molecule has 5 heteroatoms. The van der Waals surface area contributed by atoms with E-state index in [2.05, 4.69) is 35.5 Å². The second kappa shape index (κ2) is 7.85. The number of rotatable bonds is 7. The number of pyridine rings is 1. The Morgan fingerprint density at radius 2 is 2.20 bits per heavy atom. The molecule has 0 saturated carbocycles. The highest BCUT2D eigenvalue weighted by molar-refractivity contribution is 5.78. The van der Waals surface area contributed by atoms with Crippen LogP contribution in [0.25, 0.3) is 0 Å². The minimum Gasteiger partial charge on any atom is -0.359 e. The molecule has 0 aliphatic heterocycles. The minimum absolute atomic E-state index is 0.0540. The Morgan fingerprint density at radius 1 is 1.50 bits per heavy atom. The molecule has 0 aliphatic rings. The summed E-state index contributed by atoms with van der Waals surface area (Å²) < 4.78 is 0. The van der Waals surface area contributed by atoms with Crippen molar-refractivity contribution in [3.05, 3.63) is 23.4 Å². The third-order valence-corrected chi connectivity index (χ3v) is 3.29. The van der Waals surface area contributed by atoms with Gasteiger partial charge in [-0.2, -0.15) is 0 Å².